The van der Waals surface area contributed by atoms with E-state index in [-0.39, 0.29) is 5.91 Å². The SMILES string of the molecule is CC(C)N(Cc1ccccc1)c1ccc(C(=O)N(C)CCc2ccncc2)nc1. The maximum atomic E-state index is 12.7. The minimum atomic E-state index is -0.0650. The zero-order valence-corrected chi connectivity index (χ0v) is 17.3. The first-order valence-corrected chi connectivity index (χ1v) is 9.95. The van der Waals surface area contributed by atoms with Crippen LogP contribution in [0.15, 0.2) is 73.2 Å². The van der Waals surface area contributed by atoms with Gasteiger partial charge in [0.2, 0.25) is 0 Å². The standard InChI is InChI=1S/C24H28N4O/c1-19(2)28(18-21-7-5-4-6-8-21)22-9-10-23(26-17-22)24(29)27(3)16-13-20-11-14-25-15-12-20/h4-12,14-15,17,19H,13,16,18H2,1-3H3. The zero-order chi connectivity index (χ0) is 20.6. The number of hydrogen-bond donors (Lipinski definition) is 0. The first-order chi connectivity index (χ1) is 14.0. The second kappa shape index (κ2) is 9.82. The van der Waals surface area contributed by atoms with Crippen LogP contribution in [0, 0.1) is 0 Å². The molecule has 3 aromatic rings. The average Bonchev–Trinajstić information content (AvgIpc) is 2.76. The number of carbonyl (C=O) groups excluding carboxylic acids is 1. The summed E-state index contributed by atoms with van der Waals surface area (Å²) >= 11 is 0. The van der Waals surface area contributed by atoms with E-state index in [1.807, 2.05) is 37.4 Å². The lowest BCUT2D eigenvalue weighted by atomic mass is 10.1. The van der Waals surface area contributed by atoms with Gasteiger partial charge in [-0.3, -0.25) is 9.78 Å². The summed E-state index contributed by atoms with van der Waals surface area (Å²) in [5.41, 5.74) is 3.89. The van der Waals surface area contributed by atoms with Gasteiger partial charge in [-0.1, -0.05) is 30.3 Å². The molecule has 150 valence electrons. The third-order valence-corrected chi connectivity index (χ3v) is 4.95. The Kier molecular flexibility index (Phi) is 6.95. The van der Waals surface area contributed by atoms with E-state index in [4.69, 9.17) is 0 Å². The van der Waals surface area contributed by atoms with Crippen molar-refractivity contribution in [3.8, 4) is 0 Å². The number of aromatic nitrogens is 2. The van der Waals surface area contributed by atoms with Gasteiger partial charge in [-0.25, -0.2) is 4.98 Å². The predicted octanol–water partition coefficient (Wildman–Crippen LogP) is 4.21. The molecule has 0 aliphatic carbocycles. The van der Waals surface area contributed by atoms with Crippen LogP contribution >= 0.6 is 0 Å². The Morgan fingerprint density at radius 3 is 2.31 bits per heavy atom. The maximum Gasteiger partial charge on any atom is 0.272 e. The van der Waals surface area contributed by atoms with Gasteiger partial charge in [-0.2, -0.15) is 0 Å². The molecular formula is C24H28N4O. The number of pyridine rings is 2. The van der Waals surface area contributed by atoms with Gasteiger partial charge < -0.3 is 9.80 Å². The van der Waals surface area contributed by atoms with E-state index in [9.17, 15) is 4.79 Å². The van der Waals surface area contributed by atoms with Crippen molar-refractivity contribution in [3.63, 3.8) is 0 Å². The van der Waals surface area contributed by atoms with Crippen LogP contribution in [0.2, 0.25) is 0 Å². The molecule has 5 nitrogen and oxygen atoms in total. The van der Waals surface area contributed by atoms with Crippen LogP contribution in [0.4, 0.5) is 5.69 Å². The molecule has 0 N–H and O–H groups in total. The fraction of sp³-hybridized carbons (Fsp3) is 0.292. The quantitative estimate of drug-likeness (QED) is 0.580. The summed E-state index contributed by atoms with van der Waals surface area (Å²) in [5, 5.41) is 0. The molecule has 0 radical (unpaired) electrons. The number of anilines is 1. The number of likely N-dealkylation sites (N-methyl/N-ethyl adjacent to an activating group) is 1. The zero-order valence-electron chi connectivity index (χ0n) is 17.3. The molecule has 5 heteroatoms. The van der Waals surface area contributed by atoms with Crippen LogP contribution in [0.5, 0.6) is 0 Å². The Balaban J connectivity index is 1.65. The van der Waals surface area contributed by atoms with E-state index < -0.39 is 0 Å². The summed E-state index contributed by atoms with van der Waals surface area (Å²) < 4.78 is 0. The highest BCUT2D eigenvalue weighted by Crippen LogP contribution is 2.20. The van der Waals surface area contributed by atoms with Gasteiger partial charge in [0.05, 0.1) is 11.9 Å². The Hall–Kier alpha value is -3.21. The molecule has 0 fully saturated rings. The minimum absolute atomic E-state index is 0.0650. The molecule has 0 saturated heterocycles. The van der Waals surface area contributed by atoms with Crippen molar-refractivity contribution < 1.29 is 4.79 Å². The fourth-order valence-corrected chi connectivity index (χ4v) is 3.18. The Labute approximate surface area is 173 Å². The van der Waals surface area contributed by atoms with Crippen molar-refractivity contribution >= 4 is 11.6 Å². The van der Waals surface area contributed by atoms with E-state index in [0.29, 0.717) is 18.3 Å². The largest absolute Gasteiger partial charge is 0.364 e. The van der Waals surface area contributed by atoms with Gasteiger partial charge in [-0.05, 0) is 55.7 Å². The number of carbonyl (C=O) groups is 1. The lowest BCUT2D eigenvalue weighted by Crippen LogP contribution is -2.31. The number of rotatable bonds is 8. The highest BCUT2D eigenvalue weighted by molar-refractivity contribution is 5.92. The number of benzene rings is 1. The molecule has 0 aliphatic rings. The van der Waals surface area contributed by atoms with E-state index in [0.717, 1.165) is 24.2 Å². The number of hydrogen-bond acceptors (Lipinski definition) is 4. The molecule has 0 unspecified atom stereocenters. The Morgan fingerprint density at radius 2 is 1.69 bits per heavy atom. The molecule has 29 heavy (non-hydrogen) atoms. The van der Waals surface area contributed by atoms with Gasteiger partial charge >= 0.3 is 0 Å². The number of amides is 1. The minimum Gasteiger partial charge on any atom is -0.364 e. The van der Waals surface area contributed by atoms with Gasteiger partial charge in [0.1, 0.15) is 5.69 Å². The maximum absolute atomic E-state index is 12.7. The first-order valence-electron chi connectivity index (χ1n) is 9.95. The Morgan fingerprint density at radius 1 is 0.966 bits per heavy atom. The van der Waals surface area contributed by atoms with Gasteiger partial charge in [-0.15, -0.1) is 0 Å². The number of nitrogens with zero attached hydrogens (tertiary/aromatic N) is 4. The van der Waals surface area contributed by atoms with E-state index in [2.05, 4.69) is 53.0 Å². The second-order valence-electron chi connectivity index (χ2n) is 7.44. The summed E-state index contributed by atoms with van der Waals surface area (Å²) in [6.45, 7) is 5.77. The van der Waals surface area contributed by atoms with Crippen LogP contribution < -0.4 is 4.90 Å². The van der Waals surface area contributed by atoms with Gasteiger partial charge in [0.15, 0.2) is 0 Å². The third-order valence-electron chi connectivity index (χ3n) is 4.95. The highest BCUT2D eigenvalue weighted by atomic mass is 16.2. The summed E-state index contributed by atoms with van der Waals surface area (Å²) in [5.74, 6) is -0.0650. The van der Waals surface area contributed by atoms with Crippen molar-refractivity contribution in [1.29, 1.82) is 0 Å². The molecule has 1 amide bonds. The lowest BCUT2D eigenvalue weighted by Gasteiger charge is -2.29. The topological polar surface area (TPSA) is 49.3 Å². The van der Waals surface area contributed by atoms with Crippen molar-refractivity contribution in [1.82, 2.24) is 14.9 Å². The molecule has 1 aromatic carbocycles. The molecule has 0 bridgehead atoms. The van der Waals surface area contributed by atoms with Crippen molar-refractivity contribution in [2.24, 2.45) is 0 Å². The molecule has 0 atom stereocenters. The molecule has 3 rings (SSSR count). The summed E-state index contributed by atoms with van der Waals surface area (Å²) in [6, 6.07) is 18.4. The second-order valence-corrected chi connectivity index (χ2v) is 7.44. The van der Waals surface area contributed by atoms with Crippen LogP contribution in [0.1, 0.15) is 35.5 Å². The lowest BCUT2D eigenvalue weighted by molar-refractivity contribution is 0.0791. The summed E-state index contributed by atoms with van der Waals surface area (Å²) in [4.78, 5) is 25.2. The smallest absolute Gasteiger partial charge is 0.272 e. The van der Waals surface area contributed by atoms with Crippen LogP contribution in [-0.2, 0) is 13.0 Å². The predicted molar refractivity (Wildman–Crippen MR) is 117 cm³/mol. The molecule has 2 heterocycles. The molecule has 2 aromatic heterocycles. The highest BCUT2D eigenvalue weighted by Gasteiger charge is 2.16. The first kappa shape index (κ1) is 20.5. The van der Waals surface area contributed by atoms with E-state index in [1.54, 1.807) is 23.5 Å². The monoisotopic (exact) mass is 388 g/mol. The van der Waals surface area contributed by atoms with E-state index in [1.165, 1.54) is 5.56 Å². The summed E-state index contributed by atoms with van der Waals surface area (Å²) in [7, 11) is 1.81. The van der Waals surface area contributed by atoms with Crippen LogP contribution in [0.25, 0.3) is 0 Å². The Bertz CT molecular complexity index is 895. The van der Waals surface area contributed by atoms with Crippen LogP contribution in [-0.4, -0.2) is 40.4 Å². The molecule has 0 aliphatic heterocycles. The van der Waals surface area contributed by atoms with Crippen LogP contribution in [0.3, 0.4) is 0 Å². The normalized spacial score (nSPS) is 10.8. The molecule has 0 spiro atoms. The molecular weight excluding hydrogens is 360 g/mol. The van der Waals surface area contributed by atoms with Gasteiger partial charge in [0.25, 0.3) is 5.91 Å². The molecule has 0 saturated carbocycles. The van der Waals surface area contributed by atoms with Crippen molar-refractivity contribution in [3.05, 3.63) is 90.0 Å². The third kappa shape index (κ3) is 5.64. The summed E-state index contributed by atoms with van der Waals surface area (Å²) in [6.07, 6.45) is 6.13. The van der Waals surface area contributed by atoms with Crippen molar-refractivity contribution in [2.45, 2.75) is 32.9 Å². The van der Waals surface area contributed by atoms with Gasteiger partial charge in [0, 0.05) is 38.6 Å². The fourth-order valence-electron chi connectivity index (χ4n) is 3.18. The van der Waals surface area contributed by atoms with Crippen molar-refractivity contribution in [2.75, 3.05) is 18.5 Å². The average molecular weight is 389 g/mol. The van der Waals surface area contributed by atoms with E-state index >= 15 is 0 Å².